The van der Waals surface area contributed by atoms with E-state index >= 15 is 0 Å². The van der Waals surface area contributed by atoms with Crippen molar-refractivity contribution in [3.63, 3.8) is 0 Å². The zero-order chi connectivity index (χ0) is 13.2. The van der Waals surface area contributed by atoms with E-state index in [1.807, 2.05) is 47.9 Å². The fraction of sp³-hybridized carbons (Fsp3) is 0.125. The Balaban J connectivity index is 2.03. The van der Waals surface area contributed by atoms with Gasteiger partial charge in [0.05, 0.1) is 11.3 Å². The molecular weight excluding hydrogens is 234 g/mol. The van der Waals surface area contributed by atoms with Crippen LogP contribution in [0.5, 0.6) is 0 Å². The van der Waals surface area contributed by atoms with E-state index in [1.54, 1.807) is 0 Å². The minimum atomic E-state index is 0.691. The van der Waals surface area contributed by atoms with E-state index in [-0.39, 0.29) is 0 Å². The lowest BCUT2D eigenvalue weighted by Crippen LogP contribution is -1.93. The van der Waals surface area contributed by atoms with Gasteiger partial charge in [-0.2, -0.15) is 5.26 Å². The molecule has 3 rings (SSSR count). The van der Waals surface area contributed by atoms with Crippen molar-refractivity contribution in [1.82, 2.24) is 9.38 Å². The highest BCUT2D eigenvalue weighted by Gasteiger charge is 2.07. The molecule has 1 aromatic carbocycles. The zero-order valence-electron chi connectivity index (χ0n) is 10.7. The number of imidazole rings is 1. The van der Waals surface area contributed by atoms with E-state index in [9.17, 15) is 0 Å². The number of hydrogen-bond donors (Lipinski definition) is 0. The Morgan fingerprint density at radius 2 is 1.95 bits per heavy atom. The first kappa shape index (κ1) is 11.5. The molecule has 2 heterocycles. The maximum atomic E-state index is 9.04. The number of benzene rings is 1. The number of hydrogen-bond acceptors (Lipinski definition) is 2. The molecule has 0 fully saturated rings. The SMILES string of the molecule is Cc1c(C#N)ccc2nc(Cc3ccccc3)cn12. The van der Waals surface area contributed by atoms with Crippen molar-refractivity contribution in [2.75, 3.05) is 0 Å². The molecule has 0 amide bonds. The van der Waals surface area contributed by atoms with Gasteiger partial charge in [0, 0.05) is 18.3 Å². The third-order valence-electron chi connectivity index (χ3n) is 3.28. The Bertz CT molecular complexity index is 764. The van der Waals surface area contributed by atoms with Crippen molar-refractivity contribution in [2.45, 2.75) is 13.3 Å². The zero-order valence-corrected chi connectivity index (χ0v) is 10.7. The summed E-state index contributed by atoms with van der Waals surface area (Å²) in [4.78, 5) is 4.60. The van der Waals surface area contributed by atoms with Gasteiger partial charge in [-0.3, -0.25) is 0 Å². The first-order chi connectivity index (χ1) is 9.28. The number of pyridine rings is 1. The number of fused-ring (bicyclic) bond motifs is 1. The normalized spacial score (nSPS) is 10.5. The second-order valence-electron chi connectivity index (χ2n) is 4.57. The first-order valence-electron chi connectivity index (χ1n) is 6.19. The summed E-state index contributed by atoms with van der Waals surface area (Å²) >= 11 is 0. The molecule has 0 aliphatic carbocycles. The Labute approximate surface area is 111 Å². The molecule has 0 aliphatic rings. The molecule has 2 aromatic heterocycles. The molecule has 0 N–H and O–H groups in total. The largest absolute Gasteiger partial charge is 0.303 e. The molecular formula is C16H13N3. The van der Waals surface area contributed by atoms with Crippen LogP contribution in [0.2, 0.25) is 0 Å². The quantitative estimate of drug-likeness (QED) is 0.698. The summed E-state index contributed by atoms with van der Waals surface area (Å²) in [5.74, 6) is 0. The molecule has 0 saturated heterocycles. The summed E-state index contributed by atoms with van der Waals surface area (Å²) in [5.41, 5.74) is 4.78. The summed E-state index contributed by atoms with van der Waals surface area (Å²) in [5, 5.41) is 9.04. The smallest absolute Gasteiger partial charge is 0.137 e. The number of nitrogens with zero attached hydrogens (tertiary/aromatic N) is 3. The van der Waals surface area contributed by atoms with Crippen LogP contribution >= 0.6 is 0 Å². The minimum absolute atomic E-state index is 0.691. The van der Waals surface area contributed by atoms with Crippen molar-refractivity contribution in [3.05, 3.63) is 71.2 Å². The average Bonchev–Trinajstić information content (AvgIpc) is 2.84. The van der Waals surface area contributed by atoms with Gasteiger partial charge in [0.15, 0.2) is 0 Å². The first-order valence-corrected chi connectivity index (χ1v) is 6.19. The summed E-state index contributed by atoms with van der Waals surface area (Å²) in [6, 6.07) is 16.2. The Hall–Kier alpha value is -2.60. The monoisotopic (exact) mass is 247 g/mol. The molecule has 0 unspecified atom stereocenters. The second-order valence-corrected chi connectivity index (χ2v) is 4.57. The highest BCUT2D eigenvalue weighted by molar-refractivity contribution is 5.48. The van der Waals surface area contributed by atoms with Crippen molar-refractivity contribution >= 4 is 5.65 Å². The predicted molar refractivity (Wildman–Crippen MR) is 73.9 cm³/mol. The summed E-state index contributed by atoms with van der Waals surface area (Å²) < 4.78 is 1.98. The molecule has 0 saturated carbocycles. The van der Waals surface area contributed by atoms with Gasteiger partial charge in [-0.25, -0.2) is 4.98 Å². The van der Waals surface area contributed by atoms with Crippen LogP contribution in [0.4, 0.5) is 0 Å². The van der Waals surface area contributed by atoms with E-state index in [4.69, 9.17) is 5.26 Å². The fourth-order valence-corrected chi connectivity index (χ4v) is 2.25. The lowest BCUT2D eigenvalue weighted by molar-refractivity contribution is 1.07. The van der Waals surface area contributed by atoms with E-state index in [0.29, 0.717) is 5.56 Å². The Kier molecular flexibility index (Phi) is 2.77. The van der Waals surface area contributed by atoms with Crippen LogP contribution in [0.15, 0.2) is 48.7 Å². The van der Waals surface area contributed by atoms with Gasteiger partial charge in [0.2, 0.25) is 0 Å². The summed E-state index contributed by atoms with van der Waals surface area (Å²) in [6.45, 7) is 1.94. The highest BCUT2D eigenvalue weighted by atomic mass is 15.0. The van der Waals surface area contributed by atoms with Crippen LogP contribution in [0.25, 0.3) is 5.65 Å². The molecule has 3 heteroatoms. The number of aromatic nitrogens is 2. The maximum Gasteiger partial charge on any atom is 0.137 e. The molecule has 92 valence electrons. The lowest BCUT2D eigenvalue weighted by Gasteiger charge is -2.00. The molecule has 3 nitrogen and oxygen atoms in total. The predicted octanol–water partition coefficient (Wildman–Crippen LogP) is 3.11. The van der Waals surface area contributed by atoms with Gasteiger partial charge in [-0.1, -0.05) is 30.3 Å². The molecule has 0 atom stereocenters. The van der Waals surface area contributed by atoms with E-state index in [2.05, 4.69) is 23.2 Å². The van der Waals surface area contributed by atoms with Crippen molar-refractivity contribution < 1.29 is 0 Å². The Morgan fingerprint density at radius 1 is 1.16 bits per heavy atom. The second kappa shape index (κ2) is 4.58. The van der Waals surface area contributed by atoms with Crippen LogP contribution < -0.4 is 0 Å². The summed E-state index contributed by atoms with van der Waals surface area (Å²) in [6.07, 6.45) is 2.82. The number of aryl methyl sites for hydroxylation is 1. The van der Waals surface area contributed by atoms with Gasteiger partial charge < -0.3 is 4.40 Å². The van der Waals surface area contributed by atoms with Crippen LogP contribution in [0, 0.1) is 18.3 Å². The fourth-order valence-electron chi connectivity index (χ4n) is 2.25. The van der Waals surface area contributed by atoms with Gasteiger partial charge >= 0.3 is 0 Å². The molecule has 0 spiro atoms. The third kappa shape index (κ3) is 2.09. The van der Waals surface area contributed by atoms with E-state index in [0.717, 1.165) is 23.5 Å². The number of rotatable bonds is 2. The minimum Gasteiger partial charge on any atom is -0.303 e. The number of nitriles is 1. The Morgan fingerprint density at radius 3 is 2.68 bits per heavy atom. The van der Waals surface area contributed by atoms with Crippen LogP contribution in [-0.4, -0.2) is 9.38 Å². The van der Waals surface area contributed by atoms with Gasteiger partial charge in [0.1, 0.15) is 11.7 Å². The van der Waals surface area contributed by atoms with E-state index < -0.39 is 0 Å². The maximum absolute atomic E-state index is 9.04. The van der Waals surface area contributed by atoms with Crippen molar-refractivity contribution in [1.29, 1.82) is 5.26 Å². The van der Waals surface area contributed by atoms with E-state index in [1.165, 1.54) is 5.56 Å². The van der Waals surface area contributed by atoms with Gasteiger partial charge in [-0.15, -0.1) is 0 Å². The molecule has 0 radical (unpaired) electrons. The van der Waals surface area contributed by atoms with Crippen molar-refractivity contribution in [2.24, 2.45) is 0 Å². The van der Waals surface area contributed by atoms with Gasteiger partial charge in [-0.05, 0) is 24.6 Å². The molecule has 3 aromatic rings. The van der Waals surface area contributed by atoms with Crippen LogP contribution in [0.1, 0.15) is 22.5 Å². The highest BCUT2D eigenvalue weighted by Crippen LogP contribution is 2.15. The average molecular weight is 247 g/mol. The lowest BCUT2D eigenvalue weighted by atomic mass is 10.1. The third-order valence-corrected chi connectivity index (χ3v) is 3.28. The molecule has 19 heavy (non-hydrogen) atoms. The molecule has 0 bridgehead atoms. The van der Waals surface area contributed by atoms with Crippen molar-refractivity contribution in [3.8, 4) is 6.07 Å². The molecule has 0 aliphatic heterocycles. The topological polar surface area (TPSA) is 41.1 Å². The van der Waals surface area contributed by atoms with Crippen LogP contribution in [-0.2, 0) is 6.42 Å². The van der Waals surface area contributed by atoms with Crippen LogP contribution in [0.3, 0.4) is 0 Å². The summed E-state index contributed by atoms with van der Waals surface area (Å²) in [7, 11) is 0. The van der Waals surface area contributed by atoms with Gasteiger partial charge in [0.25, 0.3) is 0 Å². The standard InChI is InChI=1S/C16H13N3/c1-12-14(10-17)7-8-16-18-15(11-19(12)16)9-13-5-3-2-4-6-13/h2-8,11H,9H2,1H3.